The molecule has 2 aliphatic heterocycles. The van der Waals surface area contributed by atoms with Crippen molar-refractivity contribution in [3.63, 3.8) is 0 Å². The van der Waals surface area contributed by atoms with Crippen LogP contribution in [-0.2, 0) is 14.3 Å². The minimum absolute atomic E-state index is 0. The van der Waals surface area contributed by atoms with Crippen molar-refractivity contribution < 1.29 is 80.7 Å². The molecule has 0 radical (unpaired) electrons. The summed E-state index contributed by atoms with van der Waals surface area (Å²) in [6.07, 6.45) is -1.86. The molecule has 10 heteroatoms. The minimum Gasteiger partial charge on any atom is -0.543 e. The van der Waals surface area contributed by atoms with Crippen LogP contribution in [0, 0.1) is 11.3 Å². The van der Waals surface area contributed by atoms with Gasteiger partial charge in [0.25, 0.3) is 0 Å². The van der Waals surface area contributed by atoms with E-state index in [0.717, 1.165) is 4.90 Å². The summed E-state index contributed by atoms with van der Waals surface area (Å²) in [5, 5.41) is 26.7. The van der Waals surface area contributed by atoms with Crippen LogP contribution >= 0.6 is 0 Å². The summed E-state index contributed by atoms with van der Waals surface area (Å²) >= 11 is 0. The molecule has 3 amide bonds. The third kappa shape index (κ3) is 4.67. The topological polar surface area (TPSA) is 131 Å². The Morgan fingerprint density at radius 3 is 2.48 bits per heavy atom. The summed E-state index contributed by atoms with van der Waals surface area (Å²) in [5.74, 6) is -2.87. The predicted molar refractivity (Wildman–Crippen MR) is 96.2 cm³/mol. The van der Waals surface area contributed by atoms with Gasteiger partial charge < -0.3 is 30.4 Å². The third-order valence-electron chi connectivity index (χ3n) is 4.83. The first kappa shape index (κ1) is 23.8. The minimum atomic E-state index is -1.54. The maximum Gasteiger partial charge on any atom is 1.00 e. The molecule has 2 aliphatic rings. The Bertz CT molecular complexity index is 840. The Morgan fingerprint density at radius 2 is 1.93 bits per heavy atom. The van der Waals surface area contributed by atoms with Crippen molar-refractivity contribution in [1.82, 2.24) is 10.2 Å². The number of nitrogens with one attached hydrogen (secondary N) is 2. The van der Waals surface area contributed by atoms with Crippen LogP contribution in [0.25, 0.3) is 0 Å². The quantitative estimate of drug-likeness (QED) is 0.328. The zero-order valence-corrected chi connectivity index (χ0v) is 19.9. The molecule has 1 aromatic rings. The summed E-state index contributed by atoms with van der Waals surface area (Å²) in [7, 11) is 0. The number of rotatable bonds is 6. The van der Waals surface area contributed by atoms with Crippen molar-refractivity contribution in [3.05, 3.63) is 41.8 Å². The van der Waals surface area contributed by atoms with Crippen molar-refractivity contribution in [1.29, 1.82) is 0 Å². The maximum absolute atomic E-state index is 12.2. The van der Waals surface area contributed by atoms with Crippen molar-refractivity contribution in [2.75, 3.05) is 11.9 Å². The number of carbonyl (C=O) groups excluding carboxylic acids is 3. The molecule has 0 spiro atoms. The van der Waals surface area contributed by atoms with Crippen LogP contribution in [0.15, 0.2) is 41.8 Å². The Balaban J connectivity index is 0.00000300. The van der Waals surface area contributed by atoms with Gasteiger partial charge in [0.05, 0.1) is 12.1 Å². The number of amides is 3. The van der Waals surface area contributed by atoms with Gasteiger partial charge in [0.1, 0.15) is 17.4 Å². The standard InChI is InChI=1S/C19H23N3O6.K/c1-10(23)12-15(24)22-13(17(25)26)14(28-16(12)22)19(2,3)9-20-18(27)21-11-7-5-4-6-8-11;/h4-8,10,12,16,23H,9H2,1-3H3,(H,25,26)(H2,20,21,27);/q;+1/p-1/t10-,12+,16-;/m1./s1. The molecular weight excluding hydrogens is 405 g/mol. The summed E-state index contributed by atoms with van der Waals surface area (Å²) < 4.78 is 5.73. The van der Waals surface area contributed by atoms with Crippen LogP contribution in [-0.4, -0.2) is 46.8 Å². The molecule has 2 heterocycles. The number of β-lactam (4-membered cyclic amide) rings is 1. The first-order valence-corrected chi connectivity index (χ1v) is 8.87. The SMILES string of the molecule is C[C@@H](O)[C@H]1C(=O)N2C(C(=O)[O-])=C(C(C)(C)CNC(=O)Nc3ccccc3)O[C@H]12.[K+]. The van der Waals surface area contributed by atoms with E-state index in [1.807, 2.05) is 6.07 Å². The summed E-state index contributed by atoms with van der Waals surface area (Å²) in [6, 6.07) is 8.38. The molecule has 0 saturated carbocycles. The van der Waals surface area contributed by atoms with Gasteiger partial charge in [-0.15, -0.1) is 0 Å². The number of anilines is 1. The molecular formula is C19H22KN3O6. The van der Waals surface area contributed by atoms with Gasteiger partial charge in [-0.1, -0.05) is 32.0 Å². The van der Waals surface area contributed by atoms with Crippen molar-refractivity contribution in [2.24, 2.45) is 11.3 Å². The Kier molecular flexibility index (Phi) is 7.52. The molecule has 0 aliphatic carbocycles. The van der Waals surface area contributed by atoms with Crippen molar-refractivity contribution in [3.8, 4) is 0 Å². The van der Waals surface area contributed by atoms with E-state index in [0.29, 0.717) is 5.69 Å². The second-order valence-corrected chi connectivity index (χ2v) is 7.51. The molecule has 0 unspecified atom stereocenters. The number of ether oxygens (including phenoxy) is 1. The van der Waals surface area contributed by atoms with Crippen LogP contribution in [0.4, 0.5) is 10.5 Å². The average molecular weight is 427 g/mol. The zero-order valence-electron chi connectivity index (χ0n) is 16.8. The number of hydrogen-bond donors (Lipinski definition) is 3. The molecule has 1 aromatic carbocycles. The summed E-state index contributed by atoms with van der Waals surface area (Å²) in [4.78, 5) is 37.0. The van der Waals surface area contributed by atoms with E-state index in [9.17, 15) is 24.6 Å². The predicted octanol–water partition coefficient (Wildman–Crippen LogP) is -3.00. The largest absolute Gasteiger partial charge is 1.00 e. The van der Waals surface area contributed by atoms with E-state index in [-0.39, 0.29) is 69.4 Å². The maximum atomic E-state index is 12.2. The average Bonchev–Trinajstić information content (AvgIpc) is 2.97. The zero-order chi connectivity index (χ0) is 20.6. The van der Waals surface area contributed by atoms with E-state index in [4.69, 9.17) is 4.74 Å². The summed E-state index contributed by atoms with van der Waals surface area (Å²) in [6.45, 7) is 4.86. The molecule has 3 atom stereocenters. The van der Waals surface area contributed by atoms with Crippen LogP contribution < -0.4 is 67.1 Å². The fraction of sp³-hybridized carbons (Fsp3) is 0.421. The van der Waals surface area contributed by atoms with Crippen molar-refractivity contribution >= 4 is 23.6 Å². The number of benzene rings is 1. The number of fused-ring (bicyclic) bond motifs is 1. The van der Waals surface area contributed by atoms with Crippen LogP contribution in [0.2, 0.25) is 0 Å². The van der Waals surface area contributed by atoms with Gasteiger partial charge in [-0.05, 0) is 19.1 Å². The van der Waals surface area contributed by atoms with Gasteiger partial charge in [-0.3, -0.25) is 9.69 Å². The number of aliphatic hydroxyl groups excluding tert-OH is 1. The van der Waals surface area contributed by atoms with E-state index in [1.54, 1.807) is 38.1 Å². The summed E-state index contributed by atoms with van der Waals surface area (Å²) in [5.41, 5.74) is -0.689. The molecule has 29 heavy (non-hydrogen) atoms. The number of carboxylic acid groups (broad SMARTS) is 1. The molecule has 0 bridgehead atoms. The van der Waals surface area contributed by atoms with Gasteiger partial charge in [0.15, 0.2) is 6.23 Å². The van der Waals surface area contributed by atoms with Crippen LogP contribution in [0.1, 0.15) is 20.8 Å². The number of aliphatic carboxylic acids is 1. The Labute approximate surface area is 210 Å². The van der Waals surface area contributed by atoms with Gasteiger partial charge in [-0.2, -0.15) is 0 Å². The Hall–Kier alpha value is -1.43. The fourth-order valence-corrected chi connectivity index (χ4v) is 3.33. The molecule has 0 aromatic heterocycles. The van der Waals surface area contributed by atoms with E-state index >= 15 is 0 Å². The van der Waals surface area contributed by atoms with E-state index in [1.165, 1.54) is 6.92 Å². The molecule has 3 N–H and O–H groups in total. The first-order valence-electron chi connectivity index (χ1n) is 8.87. The van der Waals surface area contributed by atoms with Gasteiger partial charge in [0, 0.05) is 17.6 Å². The molecule has 3 rings (SSSR count). The number of para-hydroxylation sites is 1. The second-order valence-electron chi connectivity index (χ2n) is 7.51. The van der Waals surface area contributed by atoms with Gasteiger partial charge in [-0.25, -0.2) is 4.79 Å². The number of carbonyl (C=O) groups is 3. The molecule has 9 nitrogen and oxygen atoms in total. The number of carboxylic acids is 1. The van der Waals surface area contributed by atoms with Crippen molar-refractivity contribution in [2.45, 2.75) is 33.1 Å². The molecule has 150 valence electrons. The fourth-order valence-electron chi connectivity index (χ4n) is 3.33. The Morgan fingerprint density at radius 1 is 1.31 bits per heavy atom. The van der Waals surface area contributed by atoms with Crippen LogP contribution in [0.3, 0.4) is 0 Å². The molecule has 1 fully saturated rings. The van der Waals surface area contributed by atoms with Crippen LogP contribution in [0.5, 0.6) is 0 Å². The third-order valence-corrected chi connectivity index (χ3v) is 4.83. The monoisotopic (exact) mass is 427 g/mol. The smallest absolute Gasteiger partial charge is 0.543 e. The normalized spacial score (nSPS) is 21.4. The number of nitrogens with zero attached hydrogens (tertiary/aromatic N) is 1. The first-order chi connectivity index (χ1) is 13.1. The number of aliphatic hydroxyl groups is 1. The van der Waals surface area contributed by atoms with Gasteiger partial charge >= 0.3 is 57.4 Å². The van der Waals surface area contributed by atoms with E-state index in [2.05, 4.69) is 10.6 Å². The molecule has 1 saturated heterocycles. The number of urea groups is 1. The second kappa shape index (κ2) is 9.15. The van der Waals surface area contributed by atoms with Gasteiger partial charge in [0.2, 0.25) is 5.91 Å². The number of hydrogen-bond acceptors (Lipinski definition) is 6. The van der Waals surface area contributed by atoms with E-state index < -0.39 is 41.6 Å².